The average Bonchev–Trinajstić information content (AvgIpc) is 3.08. The summed E-state index contributed by atoms with van der Waals surface area (Å²) < 4.78 is 0. The van der Waals surface area contributed by atoms with E-state index in [1.807, 2.05) is 49.5 Å². The largest absolute Gasteiger partial charge is 0.775 e. The minimum atomic E-state index is -0.711. The normalized spacial score (nSPS) is 14.4. The molecule has 0 radical (unpaired) electrons. The molecular formula is C40H31N4O-. The van der Waals surface area contributed by atoms with E-state index in [2.05, 4.69) is 89.4 Å². The van der Waals surface area contributed by atoms with Gasteiger partial charge in [-0.2, -0.15) is 0 Å². The van der Waals surface area contributed by atoms with E-state index in [0.29, 0.717) is 11.1 Å². The van der Waals surface area contributed by atoms with E-state index in [0.717, 1.165) is 78.7 Å². The Balaban J connectivity index is 1.52. The van der Waals surface area contributed by atoms with Crippen molar-refractivity contribution in [2.45, 2.75) is 19.8 Å². The first kappa shape index (κ1) is 28.1. The van der Waals surface area contributed by atoms with Crippen molar-refractivity contribution < 1.29 is 4.79 Å². The van der Waals surface area contributed by atoms with Crippen LogP contribution in [0.5, 0.6) is 0 Å². The van der Waals surface area contributed by atoms with Crippen LogP contribution in [0.3, 0.4) is 0 Å². The number of carbonyl (C=O) groups is 1. The molecule has 0 spiro atoms. The van der Waals surface area contributed by atoms with Gasteiger partial charge in [-0.05, 0) is 99.3 Å². The fourth-order valence-electron chi connectivity index (χ4n) is 7.05. The van der Waals surface area contributed by atoms with Gasteiger partial charge in [0.15, 0.2) is 5.78 Å². The van der Waals surface area contributed by atoms with E-state index in [4.69, 9.17) is 6.57 Å². The SMILES string of the molecule is [C-]#[N+]C(=C=[N-])C1=C(c2ccc(NC)c3cc4ccccc4cc23)C(=O)C1c1ccc(N(CC)CC)c2cc3ccccc3cc12. The summed E-state index contributed by atoms with van der Waals surface area (Å²) in [7, 11) is 1.89. The predicted octanol–water partition coefficient (Wildman–Crippen LogP) is 9.35. The molecule has 6 aromatic carbocycles. The van der Waals surface area contributed by atoms with E-state index in [1.54, 1.807) is 0 Å². The summed E-state index contributed by atoms with van der Waals surface area (Å²) in [5.41, 5.74) is 4.56. The maximum Gasteiger partial charge on any atom is 0.210 e. The Morgan fingerprint density at radius 2 is 1.40 bits per heavy atom. The molecule has 1 unspecified atom stereocenters. The van der Waals surface area contributed by atoms with Crippen LogP contribution in [0.2, 0.25) is 0 Å². The Bertz CT molecular complexity index is 2330. The summed E-state index contributed by atoms with van der Waals surface area (Å²) in [6, 6.07) is 33.0. The second kappa shape index (κ2) is 11.1. The monoisotopic (exact) mass is 583 g/mol. The lowest BCUT2D eigenvalue weighted by atomic mass is 9.67. The number of rotatable bonds is 7. The van der Waals surface area contributed by atoms with Gasteiger partial charge < -0.3 is 15.6 Å². The first-order valence-corrected chi connectivity index (χ1v) is 15.3. The molecule has 0 aliphatic heterocycles. The maximum absolute atomic E-state index is 14.5. The third kappa shape index (κ3) is 4.31. The molecule has 1 N–H and O–H groups in total. The molecule has 0 saturated carbocycles. The zero-order valence-corrected chi connectivity index (χ0v) is 25.5. The molecule has 5 nitrogen and oxygen atoms in total. The fraction of sp³-hybridized carbons (Fsp3) is 0.150. The molecule has 1 atom stereocenters. The van der Waals surface area contributed by atoms with Crippen molar-refractivity contribution in [1.29, 1.82) is 0 Å². The fourth-order valence-corrected chi connectivity index (χ4v) is 7.05. The number of fused-ring (bicyclic) bond motifs is 4. The van der Waals surface area contributed by atoms with Crippen LogP contribution in [-0.4, -0.2) is 31.8 Å². The van der Waals surface area contributed by atoms with Crippen LogP contribution >= 0.6 is 0 Å². The van der Waals surface area contributed by atoms with Crippen LogP contribution in [0, 0.1) is 6.57 Å². The van der Waals surface area contributed by atoms with Gasteiger partial charge in [0, 0.05) is 47.9 Å². The molecule has 0 amide bonds. The third-order valence-electron chi connectivity index (χ3n) is 9.27. The zero-order valence-electron chi connectivity index (χ0n) is 25.5. The topological polar surface area (TPSA) is 59.0 Å². The van der Waals surface area contributed by atoms with Crippen LogP contribution < -0.4 is 10.2 Å². The Morgan fingerprint density at radius 1 is 0.822 bits per heavy atom. The summed E-state index contributed by atoms with van der Waals surface area (Å²) >= 11 is 0. The van der Waals surface area contributed by atoms with E-state index in [9.17, 15) is 10.2 Å². The molecule has 1 aliphatic carbocycles. The summed E-state index contributed by atoms with van der Waals surface area (Å²) in [4.78, 5) is 20.5. The van der Waals surface area contributed by atoms with Crippen LogP contribution in [0.25, 0.3) is 58.9 Å². The lowest BCUT2D eigenvalue weighted by Crippen LogP contribution is -2.30. The van der Waals surface area contributed by atoms with Gasteiger partial charge in [0.1, 0.15) is 0 Å². The summed E-state index contributed by atoms with van der Waals surface area (Å²) in [6.07, 6.45) is 0. The second-order valence-corrected chi connectivity index (χ2v) is 11.4. The van der Waals surface area contributed by atoms with Gasteiger partial charge in [-0.15, -0.1) is 0 Å². The van der Waals surface area contributed by atoms with Crippen LogP contribution in [0.15, 0.2) is 108 Å². The summed E-state index contributed by atoms with van der Waals surface area (Å²) in [5, 5.41) is 21.8. The average molecular weight is 584 g/mol. The third-order valence-corrected chi connectivity index (χ3v) is 9.27. The van der Waals surface area contributed by atoms with Gasteiger partial charge in [0.05, 0.1) is 12.5 Å². The molecule has 5 heteroatoms. The molecule has 0 heterocycles. The number of carbonyl (C=O) groups excluding carboxylic acids is 1. The Morgan fingerprint density at radius 3 is 1.96 bits per heavy atom. The number of allylic oxidation sites excluding steroid dienone is 2. The highest BCUT2D eigenvalue weighted by molar-refractivity contribution is 6.37. The Labute approximate surface area is 262 Å². The van der Waals surface area contributed by atoms with Gasteiger partial charge in [-0.25, -0.2) is 4.85 Å². The van der Waals surface area contributed by atoms with Gasteiger partial charge in [0.25, 0.3) is 0 Å². The zero-order chi connectivity index (χ0) is 31.2. The smallest absolute Gasteiger partial charge is 0.210 e. The van der Waals surface area contributed by atoms with Crippen molar-refractivity contribution in [3.63, 3.8) is 0 Å². The minimum absolute atomic E-state index is 0.0389. The number of benzene rings is 6. The first-order valence-electron chi connectivity index (χ1n) is 15.3. The van der Waals surface area contributed by atoms with E-state index < -0.39 is 5.92 Å². The van der Waals surface area contributed by atoms with Crippen LogP contribution in [-0.2, 0) is 4.79 Å². The molecule has 218 valence electrons. The molecule has 0 aromatic heterocycles. The van der Waals surface area contributed by atoms with E-state index in [1.165, 1.54) is 0 Å². The van der Waals surface area contributed by atoms with Crippen molar-refractivity contribution in [3.05, 3.63) is 136 Å². The number of nitrogens with zero attached hydrogens (tertiary/aromatic N) is 3. The van der Waals surface area contributed by atoms with Gasteiger partial charge in [0.2, 0.25) is 5.70 Å². The summed E-state index contributed by atoms with van der Waals surface area (Å²) in [6.45, 7) is 13.9. The van der Waals surface area contributed by atoms with Crippen molar-refractivity contribution in [2.24, 2.45) is 0 Å². The number of anilines is 2. The molecular weight excluding hydrogens is 552 g/mol. The van der Waals surface area contributed by atoms with Crippen LogP contribution in [0.4, 0.5) is 11.4 Å². The molecule has 45 heavy (non-hydrogen) atoms. The number of nitrogens with one attached hydrogen (secondary N) is 1. The van der Waals surface area contributed by atoms with Gasteiger partial charge >= 0.3 is 0 Å². The minimum Gasteiger partial charge on any atom is -0.775 e. The van der Waals surface area contributed by atoms with E-state index in [-0.39, 0.29) is 11.5 Å². The molecule has 0 bridgehead atoms. The quantitative estimate of drug-likeness (QED) is 0.116. The van der Waals surface area contributed by atoms with Crippen molar-refractivity contribution in [1.82, 2.24) is 0 Å². The highest BCUT2D eigenvalue weighted by atomic mass is 16.1. The highest BCUT2D eigenvalue weighted by Crippen LogP contribution is 2.52. The number of hydrogen-bond donors (Lipinski definition) is 1. The summed E-state index contributed by atoms with van der Waals surface area (Å²) in [5.74, 6) is 1.35. The Kier molecular flexibility index (Phi) is 6.93. The molecule has 0 saturated heterocycles. The molecule has 7 rings (SSSR count). The lowest BCUT2D eigenvalue weighted by molar-refractivity contribution is -0.115. The van der Waals surface area contributed by atoms with Gasteiger partial charge in [-0.1, -0.05) is 60.7 Å². The maximum atomic E-state index is 14.5. The second-order valence-electron chi connectivity index (χ2n) is 11.4. The molecule has 6 aromatic rings. The highest BCUT2D eigenvalue weighted by Gasteiger charge is 2.43. The first-order chi connectivity index (χ1) is 22.0. The number of Topliss-reactive ketones (excluding diaryl/α,β-unsaturated/α-hetero) is 1. The van der Waals surface area contributed by atoms with Crippen LogP contribution in [0.1, 0.15) is 30.9 Å². The lowest BCUT2D eigenvalue weighted by Gasteiger charge is -2.35. The molecule has 1 aliphatic rings. The Hall–Kier alpha value is -5.69. The number of ketones is 1. The van der Waals surface area contributed by atoms with Crippen molar-refractivity contribution >= 4 is 71.7 Å². The molecule has 0 fully saturated rings. The van der Waals surface area contributed by atoms with Gasteiger partial charge in [-0.3, -0.25) is 10.7 Å². The number of hydrogen-bond acceptors (Lipinski definition) is 3. The standard InChI is InChI=1S/C40H31N4O/c1-5-44(6-2)36-18-16-29(31-20-25-12-8-10-14-27(25)22-33(31)36)38-39(35(23-41)43-4)37(40(38)45)28-15-17-34(42-3)32-21-26-13-9-7-11-24(26)19-30(28)32/h7-22,38,42H,5-6H2,1-3H3/q-1. The predicted molar refractivity (Wildman–Crippen MR) is 189 cm³/mol. The van der Waals surface area contributed by atoms with Crippen molar-refractivity contribution in [2.75, 3.05) is 30.4 Å². The van der Waals surface area contributed by atoms with E-state index >= 15 is 0 Å². The van der Waals surface area contributed by atoms with Crippen molar-refractivity contribution in [3.8, 4) is 0 Å².